The average molecular weight is 1360 g/mol. The summed E-state index contributed by atoms with van der Waals surface area (Å²) in [5.74, 6) is -2.02. The number of likely N-dealkylation sites (N-methyl/N-ethyl adjacent to an activating group) is 1. The highest BCUT2D eigenvalue weighted by Crippen LogP contribution is 2.50. The number of nitrogens with one attached hydrogen (secondary N) is 3. The van der Waals surface area contributed by atoms with E-state index in [-0.39, 0.29) is 59.0 Å². The number of alkyl carbamates (subject to hydrolysis) is 1. The number of nitrogens with two attached hydrogens (primary N) is 1. The quantitative estimate of drug-likeness (QED) is 0.0135. The minimum Gasteiger partial charge on any atom is -0.508 e. The number of allylic oxidation sites excluding steroid dienone is 3. The molecule has 0 aliphatic carbocycles. The molecule has 3 saturated heterocycles. The van der Waals surface area contributed by atoms with Crippen LogP contribution in [0.3, 0.4) is 0 Å². The van der Waals surface area contributed by atoms with Gasteiger partial charge in [-0.2, -0.15) is 5.10 Å². The summed E-state index contributed by atoms with van der Waals surface area (Å²) in [5.41, 5.74) is 6.67. The number of hydrogen-bond donors (Lipinski definition) is 7. The van der Waals surface area contributed by atoms with Crippen molar-refractivity contribution >= 4 is 85.6 Å². The van der Waals surface area contributed by atoms with Crippen LogP contribution in [0.2, 0.25) is 5.02 Å². The zero-order valence-corrected chi connectivity index (χ0v) is 56.9. The largest absolute Gasteiger partial charge is 0.508 e. The molecule has 8 N–H and O–H groups in total. The highest BCUT2D eigenvalue weighted by atomic mass is 35.5. The maximum absolute atomic E-state index is 14.5. The third kappa shape index (κ3) is 15.8. The van der Waals surface area contributed by atoms with Crippen LogP contribution in [0.25, 0.3) is 28.0 Å². The number of H-pyrrole nitrogens is 1. The predicted molar refractivity (Wildman–Crippen MR) is 358 cm³/mol. The number of hydrogen-bond acceptors (Lipinski definition) is 18. The van der Waals surface area contributed by atoms with E-state index >= 15 is 0 Å². The number of fused-ring (bicyclic) bond motifs is 6. The summed E-state index contributed by atoms with van der Waals surface area (Å²) < 4.78 is 33.2. The lowest BCUT2D eigenvalue weighted by atomic mass is 9.83. The Labute approximate surface area is 558 Å². The normalized spacial score (nSPS) is 23.9. The molecule has 3 fully saturated rings. The monoisotopic (exact) mass is 1360 g/mol. The van der Waals surface area contributed by atoms with Crippen LogP contribution in [0.1, 0.15) is 104 Å². The Bertz CT molecular complexity index is 3770. The Kier molecular flexibility index (Phi) is 22.5. The number of urea groups is 1. The lowest BCUT2D eigenvalue weighted by Crippen LogP contribution is -2.63. The third-order valence-electron chi connectivity index (χ3n) is 18.5. The summed E-state index contributed by atoms with van der Waals surface area (Å²) in [5, 5.41) is 46.2. The van der Waals surface area contributed by atoms with Gasteiger partial charge in [0.05, 0.1) is 36.6 Å². The molecule has 25 nitrogen and oxygen atoms in total. The van der Waals surface area contributed by atoms with Crippen LogP contribution in [0.4, 0.5) is 15.3 Å². The number of ether oxygens (including phenoxy) is 5. The number of carbonyl (C=O) groups excluding carboxylic acids is 6. The van der Waals surface area contributed by atoms with E-state index in [0.717, 1.165) is 41.3 Å². The van der Waals surface area contributed by atoms with Crippen LogP contribution in [0.15, 0.2) is 83.3 Å². The van der Waals surface area contributed by atoms with Crippen molar-refractivity contribution in [3.05, 3.63) is 105 Å². The number of carbonyl (C=O) groups is 6. The molecule has 28 heteroatoms. The number of rotatable bonds is 19. The number of primary amides is 1. The molecule has 4 bridgehead atoms. The topological polar surface area (TPSA) is 328 Å². The number of esters is 1. The van der Waals surface area contributed by atoms with Crippen LogP contribution >= 0.6 is 33.2 Å². The standard InChI is InChI=1S/C66H85ClN10O15S2/c1-36(2)44-31-45(50(79)32-49(44)78)60-71-72-63(85)77(60)43-15-16-47-42(30-43)20-25-75(47)22-17-40-18-23-76(24-19-40)62(84)69-46(59(68)82)35-94-93-26-21-55(80)73(7)39(5)61(83)91-54-33-56(81)74(8)48-28-41(29-51(88-9)57(48)67)27-37(3)13-11-12-14-53(89-10)66(87)34-52(90-64(86)70-66)38(4)58-65(54,6)92-58/h12-16,20,25,28-32,36,38-40,46,52-54,58,78-79,87H,11,17-19,21-24,26-27,33-35H2,1-10H3,(H2,68,82)(H,69,84)(H,70,86)(H,72,85)/b14-12+,37-13?/t38-,39+,46+,52+,53-,54+,58+,65+,66+/m1/s1. The number of aryl methyl sites for hydroxylation is 1. The van der Waals surface area contributed by atoms with E-state index in [1.807, 2.05) is 63.4 Å². The van der Waals surface area contributed by atoms with Gasteiger partial charge in [0.1, 0.15) is 58.3 Å². The first-order valence-corrected chi connectivity index (χ1v) is 34.3. The minimum absolute atomic E-state index is 0.00691. The number of piperidine rings is 1. The van der Waals surface area contributed by atoms with E-state index in [9.17, 15) is 48.9 Å². The van der Waals surface area contributed by atoms with Gasteiger partial charge in [0, 0.05) is 94.3 Å². The molecule has 2 aromatic heterocycles. The Morgan fingerprint density at radius 2 is 1.77 bits per heavy atom. The van der Waals surface area contributed by atoms with Crippen LogP contribution in [0.5, 0.6) is 17.2 Å². The Morgan fingerprint density at radius 1 is 1.02 bits per heavy atom. The average Bonchev–Trinajstić information content (AvgIpc) is 1.57. The number of epoxide rings is 1. The van der Waals surface area contributed by atoms with Gasteiger partial charge in [-0.05, 0) is 118 Å². The van der Waals surface area contributed by atoms with E-state index in [4.69, 9.17) is 41.0 Å². The van der Waals surface area contributed by atoms with E-state index in [2.05, 4.69) is 25.4 Å². The Balaban J connectivity index is 0.757. The van der Waals surface area contributed by atoms with Crippen molar-refractivity contribution < 1.29 is 67.8 Å². The highest BCUT2D eigenvalue weighted by Gasteiger charge is 2.64. The molecule has 3 aromatic carbocycles. The fourth-order valence-electron chi connectivity index (χ4n) is 12.5. The van der Waals surface area contributed by atoms with Gasteiger partial charge in [0.15, 0.2) is 11.5 Å². The molecule has 4 aliphatic heterocycles. The maximum Gasteiger partial charge on any atom is 0.409 e. The fourth-order valence-corrected chi connectivity index (χ4v) is 15.0. The molecule has 0 saturated carbocycles. The molecular weight excluding hydrogens is 1270 g/mol. The summed E-state index contributed by atoms with van der Waals surface area (Å²) in [4.78, 5) is 99.0. The first-order chi connectivity index (χ1) is 44.6. The number of nitrogens with zero attached hydrogens (tertiary/aromatic N) is 6. The van der Waals surface area contributed by atoms with Crippen LogP contribution < -0.4 is 31.7 Å². The summed E-state index contributed by atoms with van der Waals surface area (Å²) in [7, 11) is 8.50. The minimum atomic E-state index is -1.87. The number of halogens is 1. The summed E-state index contributed by atoms with van der Waals surface area (Å²) in [6.45, 7) is 12.4. The number of aromatic nitrogens is 4. The number of likely N-dealkylation sites (tertiary alicyclic amines) is 1. The van der Waals surface area contributed by atoms with Gasteiger partial charge in [-0.15, -0.1) is 0 Å². The molecule has 0 unspecified atom stereocenters. The molecule has 5 aromatic rings. The smallest absolute Gasteiger partial charge is 0.409 e. The zero-order valence-electron chi connectivity index (χ0n) is 54.5. The second kappa shape index (κ2) is 29.9. The molecule has 9 rings (SSSR count). The molecule has 94 heavy (non-hydrogen) atoms. The number of benzene rings is 3. The highest BCUT2D eigenvalue weighted by molar-refractivity contribution is 8.76. The summed E-state index contributed by atoms with van der Waals surface area (Å²) in [6.07, 6.45) is 5.61. The Hall–Kier alpha value is -7.69. The van der Waals surface area contributed by atoms with E-state index in [0.29, 0.717) is 66.6 Å². The Morgan fingerprint density at radius 3 is 2.47 bits per heavy atom. The number of aromatic amines is 1. The van der Waals surface area contributed by atoms with Gasteiger partial charge in [0.25, 0.3) is 0 Å². The van der Waals surface area contributed by atoms with E-state index < -0.39 is 95.2 Å². The number of phenolic OH excluding ortho intramolecular Hbond substituents is 2. The predicted octanol–water partition coefficient (Wildman–Crippen LogP) is 8.07. The number of anilines is 1. The lowest BCUT2D eigenvalue weighted by Gasteiger charge is -2.42. The molecule has 0 spiro atoms. The van der Waals surface area contributed by atoms with Crippen LogP contribution in [-0.2, 0) is 51.1 Å². The molecule has 6 amide bonds. The van der Waals surface area contributed by atoms with Crippen molar-refractivity contribution in [3.63, 3.8) is 0 Å². The third-order valence-corrected chi connectivity index (χ3v) is 21.3. The van der Waals surface area contributed by atoms with Crippen molar-refractivity contribution in [1.29, 1.82) is 0 Å². The summed E-state index contributed by atoms with van der Waals surface area (Å²) in [6, 6.07) is 11.6. The second-order valence-electron chi connectivity index (χ2n) is 25.2. The van der Waals surface area contributed by atoms with Crippen molar-refractivity contribution in [2.45, 2.75) is 153 Å². The van der Waals surface area contributed by atoms with Crippen LogP contribution in [-0.4, -0.2) is 181 Å². The number of amides is 6. The van der Waals surface area contributed by atoms with Crippen LogP contribution in [0, 0.1) is 11.8 Å². The van der Waals surface area contributed by atoms with Gasteiger partial charge >= 0.3 is 23.8 Å². The van der Waals surface area contributed by atoms with E-state index in [1.165, 1.54) is 70.2 Å². The van der Waals surface area contributed by atoms with Gasteiger partial charge in [-0.25, -0.2) is 28.8 Å². The number of aromatic hydroxyl groups is 2. The van der Waals surface area contributed by atoms with Gasteiger partial charge in [-0.3, -0.25) is 19.7 Å². The van der Waals surface area contributed by atoms with Gasteiger partial charge in [-0.1, -0.05) is 77.8 Å². The first kappa shape index (κ1) is 70.6. The molecule has 0 radical (unpaired) electrons. The fraction of sp³-hybridized carbons (Fsp3) is 0.515. The van der Waals surface area contributed by atoms with Crippen molar-refractivity contribution in [2.24, 2.45) is 17.6 Å². The van der Waals surface area contributed by atoms with Crippen molar-refractivity contribution in [1.82, 2.24) is 39.8 Å². The van der Waals surface area contributed by atoms with Gasteiger partial charge < -0.3 is 69.3 Å². The second-order valence-corrected chi connectivity index (χ2v) is 28.2. The van der Waals surface area contributed by atoms with E-state index in [1.54, 1.807) is 50.1 Å². The lowest BCUT2D eigenvalue weighted by molar-refractivity contribution is -0.162. The van der Waals surface area contributed by atoms with Crippen molar-refractivity contribution in [2.75, 3.05) is 57.8 Å². The molecular formula is C66H85ClN10O15S2. The maximum atomic E-state index is 14.5. The molecule has 508 valence electrons. The SMILES string of the molecule is COc1cc2cc(c1Cl)N(C)C(=O)C[C@H](OC(=O)[C@H](C)N(C)C(=O)CCSSC[C@H](NC(=O)N1CCC(CCn3ccc4cc(-n5c(-c6cc(C(C)C)c(O)cc6O)n[nH]c5=O)ccc43)CC1)C(N)=O)[C@]1(C)O[C@H]1[C@H](C)[C@@H]1C[C@@](O)(NC(=O)O1)[C@H](OC)/C=C/CC=C(C)C2. The number of methoxy groups -OCH3 is 2. The first-order valence-electron chi connectivity index (χ1n) is 31.4. The number of phenols is 2. The number of aliphatic hydroxyl groups is 1. The zero-order chi connectivity index (χ0) is 68.1. The van der Waals surface area contributed by atoms with Gasteiger partial charge in [0.2, 0.25) is 17.7 Å². The molecule has 9 atom stereocenters. The molecule has 4 aliphatic rings. The van der Waals surface area contributed by atoms with Crippen molar-refractivity contribution in [3.8, 4) is 34.3 Å². The summed E-state index contributed by atoms with van der Waals surface area (Å²) >= 11 is 6.86. The molecule has 6 heterocycles.